The fourth-order valence-corrected chi connectivity index (χ4v) is 4.23. The molecule has 2 saturated heterocycles. The van der Waals surface area contributed by atoms with Crippen LogP contribution in [0.4, 0.5) is 11.5 Å². The Morgan fingerprint density at radius 2 is 2.06 bits per heavy atom. The monoisotopic (exact) mass is 503 g/mol. The number of anilines is 2. The Kier molecular flexibility index (Phi) is 5.47. The smallest absolute Gasteiger partial charge is 0.164 e. The van der Waals surface area contributed by atoms with Gasteiger partial charge in [0.15, 0.2) is 17.6 Å². The van der Waals surface area contributed by atoms with Gasteiger partial charge in [0, 0.05) is 21.6 Å². The van der Waals surface area contributed by atoms with Crippen molar-refractivity contribution in [2.75, 3.05) is 25.6 Å². The first-order chi connectivity index (χ1) is 15.0. The number of halogens is 2. The lowest BCUT2D eigenvalue weighted by molar-refractivity contribution is 0.0303. The fraction of sp³-hybridized carbons (Fsp3) is 0.273. The van der Waals surface area contributed by atoms with Gasteiger partial charge < -0.3 is 24.3 Å². The molecule has 2 aromatic carbocycles. The fourth-order valence-electron chi connectivity index (χ4n) is 3.80. The molecule has 2 aliphatic heterocycles. The molecule has 2 fully saturated rings. The summed E-state index contributed by atoms with van der Waals surface area (Å²) in [7, 11) is 1.60. The van der Waals surface area contributed by atoms with Crippen molar-refractivity contribution < 1.29 is 18.9 Å². The maximum absolute atomic E-state index is 6.24. The van der Waals surface area contributed by atoms with Crippen molar-refractivity contribution in [2.45, 2.75) is 18.3 Å². The molecular formula is C22H19BrClN3O4. The lowest BCUT2D eigenvalue weighted by Gasteiger charge is -2.20. The van der Waals surface area contributed by atoms with Gasteiger partial charge in [-0.3, -0.25) is 0 Å². The highest BCUT2D eigenvalue weighted by Crippen LogP contribution is 2.38. The third kappa shape index (κ3) is 3.85. The average Bonchev–Trinajstić information content (AvgIpc) is 3.34. The zero-order valence-corrected chi connectivity index (χ0v) is 18.9. The largest absolute Gasteiger partial charge is 0.493 e. The van der Waals surface area contributed by atoms with Crippen LogP contribution in [0, 0.1) is 0 Å². The number of ether oxygens (including phenoxy) is 4. The van der Waals surface area contributed by atoms with Gasteiger partial charge in [-0.05, 0) is 45.8 Å². The van der Waals surface area contributed by atoms with Crippen molar-refractivity contribution in [1.29, 1.82) is 0 Å². The summed E-state index contributed by atoms with van der Waals surface area (Å²) >= 11 is 9.61. The van der Waals surface area contributed by atoms with Crippen LogP contribution < -0.4 is 14.8 Å². The van der Waals surface area contributed by atoms with E-state index in [0.29, 0.717) is 41.1 Å². The highest BCUT2D eigenvalue weighted by atomic mass is 79.9. The van der Waals surface area contributed by atoms with Crippen LogP contribution in [-0.4, -0.2) is 48.6 Å². The predicted molar refractivity (Wildman–Crippen MR) is 122 cm³/mol. The normalized spacial score (nSPS) is 22.5. The highest BCUT2D eigenvalue weighted by molar-refractivity contribution is 9.10. The Balaban J connectivity index is 1.46. The molecule has 9 heteroatoms. The van der Waals surface area contributed by atoms with Crippen molar-refractivity contribution in [2.24, 2.45) is 0 Å². The third-order valence-corrected chi connectivity index (χ3v) is 6.58. The Morgan fingerprint density at radius 1 is 1.19 bits per heavy atom. The van der Waals surface area contributed by atoms with Crippen molar-refractivity contribution in [3.05, 3.63) is 58.3 Å². The van der Waals surface area contributed by atoms with E-state index in [4.69, 9.17) is 30.5 Å². The molecule has 3 aromatic rings. The molecular weight excluding hydrogens is 486 g/mol. The van der Waals surface area contributed by atoms with Crippen LogP contribution in [0.1, 0.15) is 0 Å². The molecule has 5 rings (SSSR count). The van der Waals surface area contributed by atoms with E-state index in [9.17, 15) is 0 Å². The zero-order chi connectivity index (χ0) is 21.5. The number of methoxy groups -OCH3 is 1. The van der Waals surface area contributed by atoms with Crippen LogP contribution in [0.15, 0.2) is 53.3 Å². The van der Waals surface area contributed by atoms with Crippen LogP contribution in [0.2, 0.25) is 5.02 Å². The average molecular weight is 505 g/mol. The topological polar surface area (TPSA) is 74.7 Å². The second-order valence-electron chi connectivity index (χ2n) is 7.34. The summed E-state index contributed by atoms with van der Waals surface area (Å²) in [6.07, 6.45) is 0.963. The van der Waals surface area contributed by atoms with Gasteiger partial charge in [0.05, 0.1) is 30.9 Å². The minimum atomic E-state index is -0.250. The SMILES string of the molecule is C=C1CO[C@@H]2[C@@H](Oc3cc4ncnc(Nc5ccc(Br)c(Cl)c5)c4cc3OC)CO[C@H]12. The molecule has 0 radical (unpaired) electrons. The maximum Gasteiger partial charge on any atom is 0.164 e. The van der Waals surface area contributed by atoms with Gasteiger partial charge >= 0.3 is 0 Å². The molecule has 3 heterocycles. The summed E-state index contributed by atoms with van der Waals surface area (Å²) in [6.45, 7) is 4.92. The minimum absolute atomic E-state index is 0.118. The summed E-state index contributed by atoms with van der Waals surface area (Å²) in [5, 5.41) is 4.68. The van der Waals surface area contributed by atoms with E-state index in [-0.39, 0.29) is 18.3 Å². The Morgan fingerprint density at radius 3 is 2.87 bits per heavy atom. The predicted octanol–water partition coefficient (Wildman–Crippen LogP) is 4.90. The number of fused-ring (bicyclic) bond motifs is 2. The molecule has 0 aliphatic carbocycles. The minimum Gasteiger partial charge on any atom is -0.493 e. The molecule has 7 nitrogen and oxygen atoms in total. The maximum atomic E-state index is 6.24. The Labute approximate surface area is 192 Å². The van der Waals surface area contributed by atoms with Crippen LogP contribution >= 0.6 is 27.5 Å². The van der Waals surface area contributed by atoms with Gasteiger partial charge in [0.25, 0.3) is 0 Å². The summed E-state index contributed by atoms with van der Waals surface area (Å²) in [6, 6.07) is 9.30. The van der Waals surface area contributed by atoms with Crippen LogP contribution in [0.5, 0.6) is 11.5 Å². The van der Waals surface area contributed by atoms with Crippen molar-refractivity contribution >= 4 is 49.9 Å². The molecule has 2 aliphatic rings. The Hall–Kier alpha value is -2.39. The van der Waals surface area contributed by atoms with E-state index in [2.05, 4.69) is 37.8 Å². The lowest BCUT2D eigenvalue weighted by atomic mass is 10.1. The van der Waals surface area contributed by atoms with Crippen molar-refractivity contribution in [3.63, 3.8) is 0 Å². The molecule has 31 heavy (non-hydrogen) atoms. The van der Waals surface area contributed by atoms with E-state index < -0.39 is 0 Å². The molecule has 0 amide bonds. The number of benzene rings is 2. The zero-order valence-electron chi connectivity index (χ0n) is 16.6. The first kappa shape index (κ1) is 20.5. The van der Waals surface area contributed by atoms with Gasteiger partial charge in [-0.15, -0.1) is 0 Å². The van der Waals surface area contributed by atoms with E-state index in [0.717, 1.165) is 21.1 Å². The Bertz CT molecular complexity index is 1170. The first-order valence-electron chi connectivity index (χ1n) is 9.66. The highest BCUT2D eigenvalue weighted by Gasteiger charge is 2.45. The molecule has 160 valence electrons. The third-order valence-electron chi connectivity index (χ3n) is 5.35. The quantitative estimate of drug-likeness (QED) is 0.495. The second-order valence-corrected chi connectivity index (χ2v) is 8.60. The number of hydrogen-bond donors (Lipinski definition) is 1. The van der Waals surface area contributed by atoms with E-state index in [1.165, 1.54) is 6.33 Å². The van der Waals surface area contributed by atoms with E-state index >= 15 is 0 Å². The standard InChI is InChI=1S/C22H19BrClN3O4/c1-11-8-29-21-19(9-30-20(11)21)31-18-7-16-13(6-17(18)28-2)22(26-10-25-16)27-12-3-4-14(23)15(24)5-12/h3-7,10,19-21H,1,8-9H2,2H3,(H,25,26,27)/t19-,20+,21+/m0/s1. The molecule has 0 saturated carbocycles. The summed E-state index contributed by atoms with van der Waals surface area (Å²) in [5.74, 6) is 1.77. The number of hydrogen-bond acceptors (Lipinski definition) is 7. The molecule has 0 spiro atoms. The van der Waals surface area contributed by atoms with Crippen molar-refractivity contribution in [1.82, 2.24) is 9.97 Å². The molecule has 1 aromatic heterocycles. The summed E-state index contributed by atoms with van der Waals surface area (Å²) in [5.41, 5.74) is 2.46. The lowest BCUT2D eigenvalue weighted by Crippen LogP contribution is -2.32. The van der Waals surface area contributed by atoms with Gasteiger partial charge in [0.1, 0.15) is 24.4 Å². The molecule has 0 bridgehead atoms. The number of rotatable bonds is 5. The molecule has 3 atom stereocenters. The number of nitrogens with zero attached hydrogens (tertiary/aromatic N) is 2. The van der Waals surface area contributed by atoms with Gasteiger partial charge in [0.2, 0.25) is 0 Å². The summed E-state index contributed by atoms with van der Waals surface area (Å²) < 4.78 is 24.3. The first-order valence-corrected chi connectivity index (χ1v) is 10.8. The number of nitrogens with one attached hydrogen (secondary N) is 1. The van der Waals surface area contributed by atoms with Crippen LogP contribution in [-0.2, 0) is 9.47 Å². The van der Waals surface area contributed by atoms with Gasteiger partial charge in [-0.1, -0.05) is 18.2 Å². The number of aromatic nitrogens is 2. The van der Waals surface area contributed by atoms with Gasteiger partial charge in [-0.25, -0.2) is 9.97 Å². The van der Waals surface area contributed by atoms with E-state index in [1.807, 2.05) is 30.3 Å². The van der Waals surface area contributed by atoms with Gasteiger partial charge in [-0.2, -0.15) is 0 Å². The van der Waals surface area contributed by atoms with Crippen LogP contribution in [0.25, 0.3) is 10.9 Å². The van der Waals surface area contributed by atoms with E-state index in [1.54, 1.807) is 7.11 Å². The molecule has 0 unspecified atom stereocenters. The second kappa shape index (κ2) is 8.27. The summed E-state index contributed by atoms with van der Waals surface area (Å²) in [4.78, 5) is 8.80. The van der Waals surface area contributed by atoms with Crippen LogP contribution in [0.3, 0.4) is 0 Å². The molecule has 1 N–H and O–H groups in total. The van der Waals surface area contributed by atoms with Crippen molar-refractivity contribution in [3.8, 4) is 11.5 Å².